The van der Waals surface area contributed by atoms with Crippen molar-refractivity contribution in [2.24, 2.45) is 0 Å². The minimum Gasteiger partial charge on any atom is -0.494 e. The molecule has 2 aliphatic heterocycles. The van der Waals surface area contributed by atoms with Gasteiger partial charge in [0.25, 0.3) is 0 Å². The summed E-state index contributed by atoms with van der Waals surface area (Å²) in [4.78, 5) is 16.8. The summed E-state index contributed by atoms with van der Waals surface area (Å²) in [5, 5.41) is 0. The van der Waals surface area contributed by atoms with E-state index in [0.717, 1.165) is 38.0 Å². The Labute approximate surface area is 136 Å². The predicted molar refractivity (Wildman–Crippen MR) is 83.8 cm³/mol. The van der Waals surface area contributed by atoms with Gasteiger partial charge in [0.05, 0.1) is 26.4 Å². The highest BCUT2D eigenvalue weighted by Gasteiger charge is 2.33. The number of amides is 1. The molecule has 1 amide bonds. The van der Waals surface area contributed by atoms with Crippen molar-refractivity contribution < 1.29 is 18.7 Å². The maximum Gasteiger partial charge on any atom is 0.240 e. The molecular formula is C17H23FN2O3. The Morgan fingerprint density at radius 2 is 2.09 bits per heavy atom. The van der Waals surface area contributed by atoms with Gasteiger partial charge in [0.1, 0.15) is 0 Å². The fraction of sp³-hybridized carbons (Fsp3) is 0.588. The lowest BCUT2D eigenvalue weighted by Gasteiger charge is -2.40. The lowest BCUT2D eigenvalue weighted by Crippen LogP contribution is -2.54. The third-order valence-corrected chi connectivity index (χ3v) is 4.58. The Morgan fingerprint density at radius 3 is 2.78 bits per heavy atom. The third-order valence-electron chi connectivity index (χ3n) is 4.58. The number of hydrogen-bond acceptors (Lipinski definition) is 4. The van der Waals surface area contributed by atoms with Crippen LogP contribution in [0.3, 0.4) is 0 Å². The Kier molecular flexibility index (Phi) is 5.13. The predicted octanol–water partition coefficient (Wildman–Crippen LogP) is 1.66. The third kappa shape index (κ3) is 3.64. The van der Waals surface area contributed by atoms with Crippen LogP contribution in [0.1, 0.15) is 18.4 Å². The molecule has 0 bridgehead atoms. The van der Waals surface area contributed by atoms with Gasteiger partial charge in [0.2, 0.25) is 5.91 Å². The van der Waals surface area contributed by atoms with Crippen molar-refractivity contribution >= 4 is 5.91 Å². The SMILES string of the molecule is COc1ccc(CN2CCC[C@@H](N3CCOCC3)C2=O)cc1F. The summed E-state index contributed by atoms with van der Waals surface area (Å²) in [5.74, 6) is -0.0153. The second-order valence-electron chi connectivity index (χ2n) is 6.04. The fourth-order valence-corrected chi connectivity index (χ4v) is 3.33. The summed E-state index contributed by atoms with van der Waals surface area (Å²) < 4.78 is 24.1. The number of piperidine rings is 1. The van der Waals surface area contributed by atoms with Gasteiger partial charge < -0.3 is 14.4 Å². The monoisotopic (exact) mass is 322 g/mol. The normalized spacial score (nSPS) is 23.1. The molecule has 2 saturated heterocycles. The molecule has 2 aliphatic rings. The van der Waals surface area contributed by atoms with Gasteiger partial charge in [-0.1, -0.05) is 6.07 Å². The Balaban J connectivity index is 1.67. The van der Waals surface area contributed by atoms with Crippen LogP contribution in [0.15, 0.2) is 18.2 Å². The van der Waals surface area contributed by atoms with Crippen LogP contribution in [0, 0.1) is 5.82 Å². The fourth-order valence-electron chi connectivity index (χ4n) is 3.33. The molecular weight excluding hydrogens is 299 g/mol. The van der Waals surface area contributed by atoms with Gasteiger partial charge in [0.15, 0.2) is 11.6 Å². The van der Waals surface area contributed by atoms with Gasteiger partial charge in [-0.25, -0.2) is 4.39 Å². The highest BCUT2D eigenvalue weighted by atomic mass is 19.1. The zero-order chi connectivity index (χ0) is 16.2. The van der Waals surface area contributed by atoms with E-state index in [1.165, 1.54) is 13.2 Å². The quantitative estimate of drug-likeness (QED) is 0.845. The van der Waals surface area contributed by atoms with E-state index in [9.17, 15) is 9.18 Å². The summed E-state index contributed by atoms with van der Waals surface area (Å²) >= 11 is 0. The summed E-state index contributed by atoms with van der Waals surface area (Å²) in [6, 6.07) is 4.81. The van der Waals surface area contributed by atoms with Gasteiger partial charge >= 0.3 is 0 Å². The average molecular weight is 322 g/mol. The molecule has 1 aromatic carbocycles. The van der Waals surface area contributed by atoms with Crippen LogP contribution in [-0.2, 0) is 16.1 Å². The summed E-state index contributed by atoms with van der Waals surface area (Å²) in [6.45, 7) is 4.16. The molecule has 0 spiro atoms. The average Bonchev–Trinajstić information content (AvgIpc) is 2.58. The van der Waals surface area contributed by atoms with Gasteiger partial charge in [-0.05, 0) is 30.5 Å². The molecule has 6 heteroatoms. The topological polar surface area (TPSA) is 42.0 Å². The number of hydrogen-bond donors (Lipinski definition) is 0. The van der Waals surface area contributed by atoms with Gasteiger partial charge in [-0.15, -0.1) is 0 Å². The highest BCUT2D eigenvalue weighted by molar-refractivity contribution is 5.82. The van der Waals surface area contributed by atoms with E-state index in [1.54, 1.807) is 6.07 Å². The minimum atomic E-state index is -0.390. The van der Waals surface area contributed by atoms with E-state index in [0.29, 0.717) is 19.8 Å². The zero-order valence-corrected chi connectivity index (χ0v) is 13.5. The first-order valence-electron chi connectivity index (χ1n) is 8.12. The number of methoxy groups -OCH3 is 1. The van der Waals surface area contributed by atoms with Crippen LogP contribution in [0.4, 0.5) is 4.39 Å². The van der Waals surface area contributed by atoms with Crippen LogP contribution in [-0.4, -0.2) is 61.7 Å². The van der Waals surface area contributed by atoms with Crippen molar-refractivity contribution in [2.75, 3.05) is 40.0 Å². The van der Waals surface area contributed by atoms with Gasteiger partial charge in [-0.2, -0.15) is 0 Å². The molecule has 0 unspecified atom stereocenters. The Morgan fingerprint density at radius 1 is 1.30 bits per heavy atom. The molecule has 0 aliphatic carbocycles. The lowest BCUT2D eigenvalue weighted by molar-refractivity contribution is -0.142. The van der Waals surface area contributed by atoms with Crippen molar-refractivity contribution in [3.63, 3.8) is 0 Å². The molecule has 3 rings (SSSR count). The number of rotatable bonds is 4. The van der Waals surface area contributed by atoms with Crippen LogP contribution in [0.5, 0.6) is 5.75 Å². The number of ether oxygens (including phenoxy) is 2. The molecule has 2 fully saturated rings. The van der Waals surface area contributed by atoms with Crippen molar-refractivity contribution in [1.82, 2.24) is 9.80 Å². The molecule has 5 nitrogen and oxygen atoms in total. The summed E-state index contributed by atoms with van der Waals surface area (Å²) in [5.41, 5.74) is 0.791. The minimum absolute atomic E-state index is 0.0595. The maximum atomic E-state index is 13.8. The summed E-state index contributed by atoms with van der Waals surface area (Å²) in [6.07, 6.45) is 1.87. The molecule has 0 aromatic heterocycles. The van der Waals surface area contributed by atoms with E-state index in [-0.39, 0.29) is 23.5 Å². The standard InChI is InChI=1S/C17H23FN2O3/c1-22-16-5-4-13(11-14(16)18)12-20-6-2-3-15(17(20)21)19-7-9-23-10-8-19/h4-5,11,15H,2-3,6-10,12H2,1H3/t15-/m1/s1. The largest absolute Gasteiger partial charge is 0.494 e. The molecule has 0 radical (unpaired) electrons. The number of likely N-dealkylation sites (tertiary alicyclic amines) is 1. The molecule has 23 heavy (non-hydrogen) atoms. The number of benzene rings is 1. The smallest absolute Gasteiger partial charge is 0.240 e. The van der Waals surface area contributed by atoms with Crippen LogP contribution >= 0.6 is 0 Å². The highest BCUT2D eigenvalue weighted by Crippen LogP contribution is 2.23. The Hall–Kier alpha value is -1.66. The molecule has 0 saturated carbocycles. The van der Waals surface area contributed by atoms with E-state index in [4.69, 9.17) is 9.47 Å². The zero-order valence-electron chi connectivity index (χ0n) is 13.5. The van der Waals surface area contributed by atoms with Crippen molar-refractivity contribution in [3.8, 4) is 5.75 Å². The van der Waals surface area contributed by atoms with Crippen molar-refractivity contribution in [1.29, 1.82) is 0 Å². The molecule has 1 aromatic rings. The molecule has 2 heterocycles. The van der Waals surface area contributed by atoms with E-state index >= 15 is 0 Å². The van der Waals surface area contributed by atoms with Crippen LogP contribution < -0.4 is 4.74 Å². The second-order valence-corrected chi connectivity index (χ2v) is 6.04. The van der Waals surface area contributed by atoms with Crippen molar-refractivity contribution in [3.05, 3.63) is 29.6 Å². The molecule has 126 valence electrons. The summed E-state index contributed by atoms with van der Waals surface area (Å²) in [7, 11) is 1.44. The lowest BCUT2D eigenvalue weighted by atomic mass is 10.0. The van der Waals surface area contributed by atoms with E-state index in [2.05, 4.69) is 4.90 Å². The van der Waals surface area contributed by atoms with E-state index < -0.39 is 0 Å². The van der Waals surface area contributed by atoms with Gasteiger partial charge in [-0.3, -0.25) is 9.69 Å². The Bertz CT molecular complexity index is 561. The maximum absolute atomic E-state index is 13.8. The van der Waals surface area contributed by atoms with Crippen LogP contribution in [0.2, 0.25) is 0 Å². The van der Waals surface area contributed by atoms with Gasteiger partial charge in [0, 0.05) is 26.2 Å². The number of morpholine rings is 1. The number of halogens is 1. The molecule has 1 atom stereocenters. The van der Waals surface area contributed by atoms with Crippen molar-refractivity contribution in [2.45, 2.75) is 25.4 Å². The first kappa shape index (κ1) is 16.2. The number of nitrogens with zero attached hydrogens (tertiary/aromatic N) is 2. The van der Waals surface area contributed by atoms with E-state index in [1.807, 2.05) is 11.0 Å². The molecule has 0 N–H and O–H groups in total. The number of carbonyl (C=O) groups excluding carboxylic acids is 1. The second kappa shape index (κ2) is 7.27. The first-order chi connectivity index (χ1) is 11.2. The first-order valence-corrected chi connectivity index (χ1v) is 8.12. The number of carbonyl (C=O) groups is 1. The van der Waals surface area contributed by atoms with Crippen LogP contribution in [0.25, 0.3) is 0 Å².